The minimum absolute atomic E-state index is 0.281. The fraction of sp³-hybridized carbons (Fsp3) is 0.600. The summed E-state index contributed by atoms with van der Waals surface area (Å²) in [4.78, 5) is 2.61. The van der Waals surface area contributed by atoms with E-state index in [0.717, 1.165) is 13.0 Å². The van der Waals surface area contributed by atoms with Crippen molar-refractivity contribution < 1.29 is 0 Å². The highest BCUT2D eigenvalue weighted by Gasteiger charge is 2.39. The van der Waals surface area contributed by atoms with Crippen molar-refractivity contribution in [1.82, 2.24) is 10.2 Å². The fourth-order valence-corrected chi connectivity index (χ4v) is 2.95. The summed E-state index contributed by atoms with van der Waals surface area (Å²) in [6, 6.07) is 11.4. The number of likely N-dealkylation sites (tertiary alicyclic amines) is 1. The summed E-state index contributed by atoms with van der Waals surface area (Å²) in [5.74, 6) is 0. The second-order valence-electron chi connectivity index (χ2n) is 5.51. The average Bonchev–Trinajstić information content (AvgIpc) is 2.62. The van der Waals surface area contributed by atoms with Crippen molar-refractivity contribution in [3.8, 4) is 0 Å². The van der Waals surface area contributed by atoms with Crippen LogP contribution in [-0.2, 0) is 6.42 Å². The molecular formula is C15H24N2. The SMILES string of the molecule is CNC1CCN(CCc2ccccc2)C1(C)C. The number of rotatable bonds is 4. The van der Waals surface area contributed by atoms with Gasteiger partial charge in [0, 0.05) is 24.7 Å². The molecule has 0 amide bonds. The number of benzene rings is 1. The van der Waals surface area contributed by atoms with Crippen LogP contribution in [0.25, 0.3) is 0 Å². The molecule has 1 heterocycles. The molecule has 2 heteroatoms. The molecule has 0 spiro atoms. The van der Waals surface area contributed by atoms with Crippen LogP contribution >= 0.6 is 0 Å². The number of hydrogen-bond acceptors (Lipinski definition) is 2. The maximum Gasteiger partial charge on any atom is 0.0306 e. The Labute approximate surface area is 105 Å². The highest BCUT2D eigenvalue weighted by Crippen LogP contribution is 2.28. The maximum absolute atomic E-state index is 3.44. The highest BCUT2D eigenvalue weighted by atomic mass is 15.2. The number of hydrogen-bond donors (Lipinski definition) is 1. The quantitative estimate of drug-likeness (QED) is 0.857. The molecule has 1 aromatic carbocycles. The zero-order valence-corrected chi connectivity index (χ0v) is 11.2. The maximum atomic E-state index is 3.44. The molecule has 1 unspecified atom stereocenters. The zero-order chi connectivity index (χ0) is 12.3. The molecule has 0 aromatic heterocycles. The van der Waals surface area contributed by atoms with Gasteiger partial charge in [-0.2, -0.15) is 0 Å². The van der Waals surface area contributed by atoms with E-state index < -0.39 is 0 Å². The van der Waals surface area contributed by atoms with Gasteiger partial charge >= 0.3 is 0 Å². The lowest BCUT2D eigenvalue weighted by Crippen LogP contribution is -2.50. The van der Waals surface area contributed by atoms with Gasteiger partial charge in [-0.25, -0.2) is 0 Å². The molecule has 0 bridgehead atoms. The Balaban J connectivity index is 1.92. The van der Waals surface area contributed by atoms with Crippen LogP contribution in [0.3, 0.4) is 0 Å². The zero-order valence-electron chi connectivity index (χ0n) is 11.2. The van der Waals surface area contributed by atoms with Crippen molar-refractivity contribution in [3.05, 3.63) is 35.9 Å². The molecular weight excluding hydrogens is 208 g/mol. The van der Waals surface area contributed by atoms with Crippen LogP contribution in [0.4, 0.5) is 0 Å². The van der Waals surface area contributed by atoms with Gasteiger partial charge in [0.05, 0.1) is 0 Å². The minimum atomic E-state index is 0.281. The van der Waals surface area contributed by atoms with Crippen LogP contribution < -0.4 is 5.32 Å². The normalized spacial score (nSPS) is 24.1. The van der Waals surface area contributed by atoms with Gasteiger partial charge in [0.15, 0.2) is 0 Å². The summed E-state index contributed by atoms with van der Waals surface area (Å²) in [5, 5.41) is 3.44. The molecule has 0 aliphatic carbocycles. The van der Waals surface area contributed by atoms with Crippen LogP contribution in [0.15, 0.2) is 30.3 Å². The molecule has 1 atom stereocenters. The molecule has 1 aliphatic rings. The molecule has 1 aromatic rings. The van der Waals surface area contributed by atoms with E-state index in [1.807, 2.05) is 0 Å². The summed E-state index contributed by atoms with van der Waals surface area (Å²) in [6.07, 6.45) is 2.42. The second-order valence-corrected chi connectivity index (χ2v) is 5.51. The highest BCUT2D eigenvalue weighted by molar-refractivity contribution is 5.15. The number of likely N-dealkylation sites (N-methyl/N-ethyl adjacent to an activating group) is 1. The third-order valence-electron chi connectivity index (χ3n) is 4.22. The van der Waals surface area contributed by atoms with Crippen LogP contribution in [0.1, 0.15) is 25.8 Å². The van der Waals surface area contributed by atoms with Crippen LogP contribution in [0, 0.1) is 0 Å². The standard InChI is InChI=1S/C15H24N2/c1-15(2)14(16-3)10-12-17(15)11-9-13-7-5-4-6-8-13/h4-8,14,16H,9-12H2,1-3H3. The van der Waals surface area contributed by atoms with Crippen LogP contribution in [0.5, 0.6) is 0 Å². The van der Waals surface area contributed by atoms with E-state index in [2.05, 4.69) is 61.4 Å². The van der Waals surface area contributed by atoms with E-state index in [1.54, 1.807) is 0 Å². The van der Waals surface area contributed by atoms with Gasteiger partial charge in [-0.05, 0) is 39.3 Å². The molecule has 0 saturated carbocycles. The van der Waals surface area contributed by atoms with Gasteiger partial charge in [0.2, 0.25) is 0 Å². The molecule has 1 N–H and O–H groups in total. The number of nitrogens with zero attached hydrogens (tertiary/aromatic N) is 1. The Kier molecular flexibility index (Phi) is 3.85. The van der Waals surface area contributed by atoms with Crippen molar-refractivity contribution >= 4 is 0 Å². The van der Waals surface area contributed by atoms with E-state index in [-0.39, 0.29) is 5.54 Å². The lowest BCUT2D eigenvalue weighted by Gasteiger charge is -2.36. The van der Waals surface area contributed by atoms with Gasteiger partial charge in [0.1, 0.15) is 0 Å². The minimum Gasteiger partial charge on any atom is -0.315 e. The monoisotopic (exact) mass is 232 g/mol. The Morgan fingerprint density at radius 2 is 2.00 bits per heavy atom. The lowest BCUT2D eigenvalue weighted by atomic mass is 9.95. The van der Waals surface area contributed by atoms with Gasteiger partial charge in [-0.15, -0.1) is 0 Å². The van der Waals surface area contributed by atoms with E-state index >= 15 is 0 Å². The molecule has 94 valence electrons. The third kappa shape index (κ3) is 2.70. The van der Waals surface area contributed by atoms with Crippen LogP contribution in [0.2, 0.25) is 0 Å². The predicted molar refractivity (Wildman–Crippen MR) is 73.3 cm³/mol. The molecule has 2 nitrogen and oxygen atoms in total. The molecule has 1 aliphatic heterocycles. The van der Waals surface area contributed by atoms with Crippen molar-refractivity contribution in [3.63, 3.8) is 0 Å². The number of nitrogens with one attached hydrogen (secondary N) is 1. The molecule has 1 saturated heterocycles. The first-order valence-corrected chi connectivity index (χ1v) is 6.61. The first-order chi connectivity index (χ1) is 8.14. The van der Waals surface area contributed by atoms with Gasteiger partial charge in [0.25, 0.3) is 0 Å². The predicted octanol–water partition coefficient (Wildman–Crippen LogP) is 2.30. The largest absolute Gasteiger partial charge is 0.315 e. The van der Waals surface area contributed by atoms with E-state index in [0.29, 0.717) is 6.04 Å². The summed E-state index contributed by atoms with van der Waals surface area (Å²) >= 11 is 0. The Hall–Kier alpha value is -0.860. The van der Waals surface area contributed by atoms with Crippen molar-refractivity contribution in [1.29, 1.82) is 0 Å². The van der Waals surface area contributed by atoms with E-state index in [4.69, 9.17) is 0 Å². The molecule has 1 fully saturated rings. The first-order valence-electron chi connectivity index (χ1n) is 6.61. The average molecular weight is 232 g/mol. The molecule has 0 radical (unpaired) electrons. The van der Waals surface area contributed by atoms with Gasteiger partial charge in [-0.1, -0.05) is 30.3 Å². The molecule has 2 rings (SSSR count). The topological polar surface area (TPSA) is 15.3 Å². The first kappa shape index (κ1) is 12.6. The lowest BCUT2D eigenvalue weighted by molar-refractivity contribution is 0.155. The summed E-state index contributed by atoms with van der Waals surface area (Å²) in [5.41, 5.74) is 1.72. The smallest absolute Gasteiger partial charge is 0.0306 e. The van der Waals surface area contributed by atoms with Crippen molar-refractivity contribution in [2.75, 3.05) is 20.1 Å². The summed E-state index contributed by atoms with van der Waals surface area (Å²) < 4.78 is 0. The van der Waals surface area contributed by atoms with Gasteiger partial charge < -0.3 is 5.32 Å². The van der Waals surface area contributed by atoms with E-state index in [9.17, 15) is 0 Å². The van der Waals surface area contributed by atoms with Crippen molar-refractivity contribution in [2.45, 2.75) is 38.3 Å². The Bertz CT molecular complexity index is 345. The van der Waals surface area contributed by atoms with Crippen molar-refractivity contribution in [2.24, 2.45) is 0 Å². The second kappa shape index (κ2) is 5.19. The van der Waals surface area contributed by atoms with Gasteiger partial charge in [-0.3, -0.25) is 4.90 Å². The fourth-order valence-electron chi connectivity index (χ4n) is 2.95. The Morgan fingerprint density at radius 1 is 1.29 bits per heavy atom. The summed E-state index contributed by atoms with van der Waals surface area (Å²) in [7, 11) is 2.08. The summed E-state index contributed by atoms with van der Waals surface area (Å²) in [6.45, 7) is 7.08. The Morgan fingerprint density at radius 3 is 2.59 bits per heavy atom. The van der Waals surface area contributed by atoms with E-state index in [1.165, 1.54) is 18.5 Å². The third-order valence-corrected chi connectivity index (χ3v) is 4.22. The molecule has 17 heavy (non-hydrogen) atoms. The van der Waals surface area contributed by atoms with Crippen LogP contribution in [-0.4, -0.2) is 36.6 Å².